The molecular weight excluding hydrogens is 825 g/mol. The van der Waals surface area contributed by atoms with Crippen LogP contribution in [0.4, 0.5) is 0 Å². The molecule has 358 valence electrons. The number of methoxy groups -OCH3 is 1. The zero-order valence-electron chi connectivity index (χ0n) is 40.8. The minimum Gasteiger partial charge on any atom is -0.465 e. The topological polar surface area (TPSA) is 78.9 Å². The van der Waals surface area contributed by atoms with Crippen LogP contribution in [-0.2, 0) is 14.3 Å². The van der Waals surface area contributed by atoms with Gasteiger partial charge in [-0.05, 0) is 65.4 Å². The van der Waals surface area contributed by atoms with E-state index in [4.69, 9.17) is 14.2 Å². The highest BCUT2D eigenvalue weighted by atomic mass is 32.1. The molecule has 0 fully saturated rings. The number of carbonyl (C=O) groups is 3. The second-order valence-corrected chi connectivity index (χ2v) is 19.5. The first-order valence-electron chi connectivity index (χ1n) is 26.2. The Morgan fingerprint density at radius 1 is 0.415 bits per heavy atom. The summed E-state index contributed by atoms with van der Waals surface area (Å²) >= 11 is 1.40. The Morgan fingerprint density at radius 2 is 0.738 bits per heavy atom. The molecule has 65 heavy (non-hydrogen) atoms. The van der Waals surface area contributed by atoms with Gasteiger partial charge < -0.3 is 14.2 Å². The van der Waals surface area contributed by atoms with Crippen LogP contribution in [0, 0.1) is 0 Å². The minimum absolute atomic E-state index is 0.193. The normalized spacial score (nSPS) is 11.3. The van der Waals surface area contributed by atoms with Gasteiger partial charge in [-0.2, -0.15) is 0 Å². The Labute approximate surface area is 398 Å². The maximum Gasteiger partial charge on any atom is 0.348 e. The Bertz CT molecular complexity index is 1770. The summed E-state index contributed by atoms with van der Waals surface area (Å²) in [5, 5.41) is 0.935. The van der Waals surface area contributed by atoms with E-state index in [2.05, 4.69) is 26.0 Å². The zero-order chi connectivity index (χ0) is 46.2. The van der Waals surface area contributed by atoms with Crippen molar-refractivity contribution in [2.24, 2.45) is 0 Å². The van der Waals surface area contributed by atoms with E-state index in [-0.39, 0.29) is 17.9 Å². The molecule has 1 heterocycles. The molecule has 0 amide bonds. The van der Waals surface area contributed by atoms with Gasteiger partial charge in [-0.1, -0.05) is 230 Å². The van der Waals surface area contributed by atoms with E-state index < -0.39 is 0 Å². The van der Waals surface area contributed by atoms with Crippen molar-refractivity contribution < 1.29 is 28.6 Å². The number of unbranched alkanes of at least 4 members (excludes halogenated alkanes) is 28. The van der Waals surface area contributed by atoms with Crippen molar-refractivity contribution in [3.05, 3.63) is 71.6 Å². The molecule has 0 saturated carbocycles. The van der Waals surface area contributed by atoms with Gasteiger partial charge in [0.05, 0.1) is 7.11 Å². The molecule has 0 spiro atoms. The first-order valence-corrected chi connectivity index (χ1v) is 27.0. The van der Waals surface area contributed by atoms with E-state index in [9.17, 15) is 14.4 Å². The number of fused-ring (bicyclic) bond motifs is 1. The number of hydrogen-bond donors (Lipinski definition) is 0. The predicted molar refractivity (Wildman–Crippen MR) is 274 cm³/mol. The highest BCUT2D eigenvalue weighted by molar-refractivity contribution is 7.21. The van der Waals surface area contributed by atoms with Crippen LogP contribution >= 0.6 is 11.3 Å². The molecule has 0 aliphatic rings. The third-order valence-electron chi connectivity index (χ3n) is 12.8. The van der Waals surface area contributed by atoms with Gasteiger partial charge in [0, 0.05) is 22.9 Å². The molecule has 7 heteroatoms. The molecule has 4 rings (SSSR count). The third-order valence-corrected chi connectivity index (χ3v) is 14.0. The third kappa shape index (κ3) is 21.5. The molecule has 1 aromatic heterocycles. The van der Waals surface area contributed by atoms with Crippen molar-refractivity contribution in [2.45, 2.75) is 219 Å². The summed E-state index contributed by atoms with van der Waals surface area (Å²) < 4.78 is 17.5. The van der Waals surface area contributed by atoms with Gasteiger partial charge in [-0.15, -0.1) is 11.3 Å². The largest absolute Gasteiger partial charge is 0.465 e. The van der Waals surface area contributed by atoms with E-state index in [0.717, 1.165) is 58.0 Å². The lowest BCUT2D eigenvalue weighted by Crippen LogP contribution is -2.07. The summed E-state index contributed by atoms with van der Waals surface area (Å²) in [7, 11) is 1.40. The summed E-state index contributed by atoms with van der Waals surface area (Å²) in [6.07, 6.45) is 39.6. The van der Waals surface area contributed by atoms with E-state index in [0.29, 0.717) is 29.2 Å². The van der Waals surface area contributed by atoms with Crippen molar-refractivity contribution in [1.82, 2.24) is 0 Å². The minimum atomic E-state index is -0.379. The van der Waals surface area contributed by atoms with Gasteiger partial charge in [0.1, 0.15) is 16.4 Å². The fraction of sp³-hybridized carbons (Fsp3) is 0.603. The average Bonchev–Trinajstić information content (AvgIpc) is 3.77. The standard InChI is InChI=1S/C58H84O6S/c1-4-6-8-10-12-14-16-18-20-22-24-26-28-30-32-34-55(59)63-49-40-36-47(37-41-49)51-44-45-52(57-53(51)46-54(65-57)58(61)62-3)48-38-42-50(43-39-48)64-56(60)35-33-31-29-27-25-23-21-19-17-15-13-11-9-7-5-2/h36-46H,4-35H2,1-3H3. The van der Waals surface area contributed by atoms with Gasteiger partial charge in [-0.25, -0.2) is 4.79 Å². The van der Waals surface area contributed by atoms with Gasteiger partial charge in [0.2, 0.25) is 0 Å². The lowest BCUT2D eigenvalue weighted by atomic mass is 9.96. The quantitative estimate of drug-likeness (QED) is 0.0255. The van der Waals surface area contributed by atoms with Gasteiger partial charge >= 0.3 is 17.9 Å². The maximum atomic E-state index is 12.7. The number of rotatable bonds is 37. The van der Waals surface area contributed by atoms with Gasteiger partial charge in [0.15, 0.2) is 0 Å². The summed E-state index contributed by atoms with van der Waals surface area (Å²) in [4.78, 5) is 38.6. The monoisotopic (exact) mass is 909 g/mol. The van der Waals surface area contributed by atoms with Crippen LogP contribution in [0.15, 0.2) is 66.7 Å². The molecule has 0 bridgehead atoms. The maximum absolute atomic E-state index is 12.7. The van der Waals surface area contributed by atoms with Gasteiger partial charge in [0.25, 0.3) is 0 Å². The number of hydrogen-bond acceptors (Lipinski definition) is 7. The Morgan fingerprint density at radius 3 is 1.09 bits per heavy atom. The average molecular weight is 909 g/mol. The molecule has 0 radical (unpaired) electrons. The Kier molecular flexibility index (Phi) is 27.6. The van der Waals surface area contributed by atoms with Crippen molar-refractivity contribution >= 4 is 39.3 Å². The summed E-state index contributed by atoms with van der Waals surface area (Å²) in [5.74, 6) is 0.297. The summed E-state index contributed by atoms with van der Waals surface area (Å²) in [6.45, 7) is 4.55. The van der Waals surface area contributed by atoms with Crippen molar-refractivity contribution in [3.8, 4) is 33.8 Å². The Balaban J connectivity index is 1.17. The lowest BCUT2D eigenvalue weighted by Gasteiger charge is -2.11. The molecule has 0 N–H and O–H groups in total. The fourth-order valence-corrected chi connectivity index (χ4v) is 9.99. The Hall–Kier alpha value is -3.97. The molecule has 0 unspecified atom stereocenters. The lowest BCUT2D eigenvalue weighted by molar-refractivity contribution is -0.135. The van der Waals surface area contributed by atoms with E-state index >= 15 is 0 Å². The first kappa shape index (κ1) is 53.6. The molecule has 0 saturated heterocycles. The summed E-state index contributed by atoms with van der Waals surface area (Å²) in [6, 6.07) is 21.2. The van der Waals surface area contributed by atoms with Gasteiger partial charge in [-0.3, -0.25) is 9.59 Å². The molecule has 0 aliphatic carbocycles. The molecule has 4 aromatic rings. The smallest absolute Gasteiger partial charge is 0.348 e. The molecule has 0 aliphatic heterocycles. The second kappa shape index (κ2) is 33.5. The zero-order valence-corrected chi connectivity index (χ0v) is 41.7. The second-order valence-electron chi connectivity index (χ2n) is 18.4. The summed E-state index contributed by atoms with van der Waals surface area (Å²) in [5.41, 5.74) is 3.85. The SMILES string of the molecule is CCCCCCCCCCCCCCCCCC(=O)Oc1ccc(-c2ccc(-c3ccc(OC(=O)CCCCCCCCCCCCCCCCC)cc3)c3sc(C(=O)OC)cc23)cc1. The number of ether oxygens (including phenoxy) is 3. The van der Waals surface area contributed by atoms with Crippen LogP contribution in [0.25, 0.3) is 32.3 Å². The number of benzene rings is 3. The van der Waals surface area contributed by atoms with Crippen LogP contribution < -0.4 is 9.47 Å². The van der Waals surface area contributed by atoms with Crippen LogP contribution in [0.1, 0.15) is 229 Å². The van der Waals surface area contributed by atoms with Crippen molar-refractivity contribution in [3.63, 3.8) is 0 Å². The highest BCUT2D eigenvalue weighted by Crippen LogP contribution is 2.41. The molecular formula is C58H84O6S. The fourth-order valence-electron chi connectivity index (χ4n) is 8.85. The van der Waals surface area contributed by atoms with E-state index in [1.807, 2.05) is 54.6 Å². The van der Waals surface area contributed by atoms with E-state index in [1.165, 1.54) is 185 Å². The molecule has 3 aromatic carbocycles. The van der Waals surface area contributed by atoms with Crippen LogP contribution in [-0.4, -0.2) is 25.0 Å². The van der Waals surface area contributed by atoms with Crippen molar-refractivity contribution in [1.29, 1.82) is 0 Å². The highest BCUT2D eigenvalue weighted by Gasteiger charge is 2.18. The van der Waals surface area contributed by atoms with Crippen molar-refractivity contribution in [2.75, 3.05) is 7.11 Å². The van der Waals surface area contributed by atoms with Crippen LogP contribution in [0.3, 0.4) is 0 Å². The molecule has 0 atom stereocenters. The molecule has 6 nitrogen and oxygen atoms in total. The first-order chi connectivity index (χ1) is 31.9. The van der Waals surface area contributed by atoms with Crippen LogP contribution in [0.2, 0.25) is 0 Å². The van der Waals surface area contributed by atoms with E-state index in [1.54, 1.807) is 0 Å². The predicted octanol–water partition coefficient (Wildman–Crippen LogP) is 18.4. The number of thiophene rings is 1. The van der Waals surface area contributed by atoms with Crippen LogP contribution in [0.5, 0.6) is 11.5 Å². The number of carbonyl (C=O) groups excluding carboxylic acids is 3. The number of esters is 3.